The summed E-state index contributed by atoms with van der Waals surface area (Å²) < 4.78 is 10.4. The predicted octanol–water partition coefficient (Wildman–Crippen LogP) is 3.94. The summed E-state index contributed by atoms with van der Waals surface area (Å²) >= 11 is 0. The zero-order valence-corrected chi connectivity index (χ0v) is 11.1. The van der Waals surface area contributed by atoms with Crippen molar-refractivity contribution in [2.75, 3.05) is 7.11 Å². The fourth-order valence-electron chi connectivity index (χ4n) is 2.47. The SMILES string of the molecule is COC(=O)c1ccc2c(C)cc3occ(C)c3cc1-2. The monoisotopic (exact) mass is 254 g/mol. The lowest BCUT2D eigenvalue weighted by Gasteiger charge is -2.01. The Hall–Kier alpha value is -2.29. The second-order valence-electron chi connectivity index (χ2n) is 4.73. The molecule has 1 heterocycles. The number of carbonyl (C=O) groups excluding carboxylic acids is 1. The highest BCUT2D eigenvalue weighted by atomic mass is 16.5. The number of rotatable bonds is 1. The quantitative estimate of drug-likeness (QED) is 0.617. The van der Waals surface area contributed by atoms with Gasteiger partial charge in [-0.3, -0.25) is 0 Å². The molecule has 2 aliphatic rings. The third kappa shape index (κ3) is 1.70. The molecule has 0 aromatic carbocycles. The lowest BCUT2D eigenvalue weighted by molar-refractivity contribution is 0.0602. The van der Waals surface area contributed by atoms with Crippen molar-refractivity contribution < 1.29 is 13.9 Å². The second kappa shape index (κ2) is 4.12. The van der Waals surface area contributed by atoms with Crippen LogP contribution in [0.2, 0.25) is 0 Å². The molecule has 3 heteroatoms. The Morgan fingerprint density at radius 2 is 1.89 bits per heavy atom. The molecule has 2 aliphatic carbocycles. The number of methoxy groups -OCH3 is 1. The molecule has 0 unspecified atom stereocenters. The fourth-order valence-corrected chi connectivity index (χ4v) is 2.47. The van der Waals surface area contributed by atoms with Crippen molar-refractivity contribution in [1.82, 2.24) is 0 Å². The molecule has 19 heavy (non-hydrogen) atoms. The van der Waals surface area contributed by atoms with Crippen molar-refractivity contribution in [2.24, 2.45) is 0 Å². The number of hydrogen-bond acceptors (Lipinski definition) is 3. The Morgan fingerprint density at radius 3 is 2.63 bits per heavy atom. The molecule has 0 aliphatic heterocycles. The van der Waals surface area contributed by atoms with E-state index in [1.807, 2.05) is 38.1 Å². The van der Waals surface area contributed by atoms with Crippen LogP contribution in [-0.2, 0) is 4.74 Å². The Kier molecular flexibility index (Phi) is 2.56. The van der Waals surface area contributed by atoms with Crippen molar-refractivity contribution in [2.45, 2.75) is 13.8 Å². The van der Waals surface area contributed by atoms with Gasteiger partial charge < -0.3 is 9.15 Å². The third-order valence-electron chi connectivity index (χ3n) is 3.52. The van der Waals surface area contributed by atoms with E-state index in [0.717, 1.165) is 33.2 Å². The summed E-state index contributed by atoms with van der Waals surface area (Å²) in [5.41, 5.74) is 5.52. The molecule has 3 rings (SSSR count). The molecule has 96 valence electrons. The molecule has 0 saturated carbocycles. The van der Waals surface area contributed by atoms with Gasteiger partial charge in [0, 0.05) is 5.39 Å². The van der Waals surface area contributed by atoms with Crippen LogP contribution in [0.25, 0.3) is 22.1 Å². The van der Waals surface area contributed by atoms with Gasteiger partial charge in [0.25, 0.3) is 0 Å². The van der Waals surface area contributed by atoms with E-state index >= 15 is 0 Å². The first-order valence-corrected chi connectivity index (χ1v) is 6.11. The van der Waals surface area contributed by atoms with Crippen molar-refractivity contribution in [3.63, 3.8) is 0 Å². The van der Waals surface area contributed by atoms with Crippen molar-refractivity contribution >= 4 is 16.9 Å². The molecule has 0 fully saturated rings. The van der Waals surface area contributed by atoms with E-state index in [0.29, 0.717) is 5.56 Å². The molecule has 3 nitrogen and oxygen atoms in total. The Balaban J connectivity index is 2.41. The average molecular weight is 254 g/mol. The minimum atomic E-state index is -0.310. The average Bonchev–Trinajstić information content (AvgIpc) is 2.93. The minimum absolute atomic E-state index is 0.310. The van der Waals surface area contributed by atoms with E-state index in [9.17, 15) is 4.79 Å². The van der Waals surface area contributed by atoms with Crippen LogP contribution in [0.1, 0.15) is 21.5 Å². The van der Waals surface area contributed by atoms with Gasteiger partial charge in [-0.15, -0.1) is 0 Å². The number of furan rings is 1. The summed E-state index contributed by atoms with van der Waals surface area (Å²) in [5, 5.41) is 1.02. The van der Waals surface area contributed by atoms with Crippen LogP contribution < -0.4 is 0 Å². The second-order valence-corrected chi connectivity index (χ2v) is 4.73. The zero-order chi connectivity index (χ0) is 13.6. The highest BCUT2D eigenvalue weighted by molar-refractivity contribution is 6.01. The fraction of sp³-hybridized carbons (Fsp3) is 0.188. The topological polar surface area (TPSA) is 39.4 Å². The molecule has 0 spiro atoms. The van der Waals surface area contributed by atoms with E-state index in [1.54, 1.807) is 6.26 Å². The van der Waals surface area contributed by atoms with Crippen molar-refractivity contribution in [3.8, 4) is 11.1 Å². The lowest BCUT2D eigenvalue weighted by Crippen LogP contribution is -2.00. The first-order valence-electron chi connectivity index (χ1n) is 6.11. The maximum absolute atomic E-state index is 11.8. The molecule has 0 atom stereocenters. The number of esters is 1. The Labute approximate surface area is 111 Å². The Bertz CT molecular complexity index is 752. The van der Waals surface area contributed by atoms with Crippen molar-refractivity contribution in [3.05, 3.63) is 47.2 Å². The number of carbonyl (C=O) groups is 1. The number of ether oxygens (including phenoxy) is 1. The standard InChI is InChI=1S/C16H14O3/c1-9-6-15-13(10(2)8-19-15)7-14-11(9)4-5-12(14)16(17)18-3/h4-8H,1-3H3. The van der Waals surface area contributed by atoms with Gasteiger partial charge in [-0.05, 0) is 54.3 Å². The molecule has 1 aromatic rings. The van der Waals surface area contributed by atoms with Gasteiger partial charge in [-0.25, -0.2) is 4.79 Å². The minimum Gasteiger partial charge on any atom is -0.465 e. The van der Waals surface area contributed by atoms with Crippen LogP contribution in [0.3, 0.4) is 0 Å². The van der Waals surface area contributed by atoms with Crippen LogP contribution in [0.15, 0.2) is 34.9 Å². The summed E-state index contributed by atoms with van der Waals surface area (Å²) in [5.74, 6) is -0.310. The maximum atomic E-state index is 11.8. The van der Waals surface area contributed by atoms with E-state index < -0.39 is 0 Å². The van der Waals surface area contributed by atoms with Gasteiger partial charge in [0.1, 0.15) is 5.58 Å². The summed E-state index contributed by atoms with van der Waals surface area (Å²) in [6, 6.07) is 7.77. The molecule has 0 amide bonds. The van der Waals surface area contributed by atoms with Crippen LogP contribution >= 0.6 is 0 Å². The highest BCUT2D eigenvalue weighted by Crippen LogP contribution is 2.34. The summed E-state index contributed by atoms with van der Waals surface area (Å²) in [7, 11) is 1.40. The van der Waals surface area contributed by atoms with Crippen LogP contribution in [0, 0.1) is 13.8 Å². The van der Waals surface area contributed by atoms with Gasteiger partial charge in [0.15, 0.2) is 0 Å². The van der Waals surface area contributed by atoms with Gasteiger partial charge in [0.05, 0.1) is 18.9 Å². The van der Waals surface area contributed by atoms with Gasteiger partial charge in [-0.2, -0.15) is 0 Å². The summed E-state index contributed by atoms with van der Waals surface area (Å²) in [4.78, 5) is 11.8. The molecular formula is C16H14O3. The van der Waals surface area contributed by atoms with E-state index in [1.165, 1.54) is 7.11 Å². The van der Waals surface area contributed by atoms with Crippen molar-refractivity contribution in [1.29, 1.82) is 0 Å². The number of aryl methyl sites for hydroxylation is 2. The summed E-state index contributed by atoms with van der Waals surface area (Å²) in [6.07, 6.45) is 1.73. The molecular weight excluding hydrogens is 240 g/mol. The zero-order valence-electron chi connectivity index (χ0n) is 11.1. The maximum Gasteiger partial charge on any atom is 0.338 e. The van der Waals surface area contributed by atoms with E-state index in [2.05, 4.69) is 0 Å². The first-order chi connectivity index (χ1) is 9.11. The molecule has 0 N–H and O–H groups in total. The lowest BCUT2D eigenvalue weighted by atomic mass is 10.1. The van der Waals surface area contributed by atoms with Crippen LogP contribution in [0.4, 0.5) is 0 Å². The first kappa shape index (κ1) is 11.8. The Morgan fingerprint density at radius 1 is 1.11 bits per heavy atom. The molecule has 0 bridgehead atoms. The smallest absolute Gasteiger partial charge is 0.338 e. The third-order valence-corrected chi connectivity index (χ3v) is 3.52. The van der Waals surface area contributed by atoms with Crippen LogP contribution in [0.5, 0.6) is 0 Å². The predicted molar refractivity (Wildman–Crippen MR) is 73.6 cm³/mol. The van der Waals surface area contributed by atoms with E-state index in [-0.39, 0.29) is 5.97 Å². The largest absolute Gasteiger partial charge is 0.465 e. The molecule has 0 radical (unpaired) electrons. The van der Waals surface area contributed by atoms with Gasteiger partial charge in [0.2, 0.25) is 0 Å². The number of fused-ring (bicyclic) bond motifs is 2. The molecule has 1 aromatic heterocycles. The normalized spacial score (nSPS) is 11.1. The van der Waals surface area contributed by atoms with Gasteiger partial charge in [-0.1, -0.05) is 6.07 Å². The van der Waals surface area contributed by atoms with Crippen LogP contribution in [-0.4, -0.2) is 13.1 Å². The van der Waals surface area contributed by atoms with Gasteiger partial charge >= 0.3 is 5.97 Å². The highest BCUT2D eigenvalue weighted by Gasteiger charge is 2.18. The molecule has 0 saturated heterocycles. The number of hydrogen-bond donors (Lipinski definition) is 0. The van der Waals surface area contributed by atoms with E-state index in [4.69, 9.17) is 9.15 Å². The summed E-state index contributed by atoms with van der Waals surface area (Å²) in [6.45, 7) is 4.01.